The molecule has 150 valence electrons. The summed E-state index contributed by atoms with van der Waals surface area (Å²) in [5.74, 6) is -0.855. The van der Waals surface area contributed by atoms with Crippen LogP contribution in [0, 0.1) is 0 Å². The Hall–Kier alpha value is -2.97. The van der Waals surface area contributed by atoms with E-state index in [-0.39, 0.29) is 12.8 Å². The molecule has 0 aliphatic heterocycles. The van der Waals surface area contributed by atoms with E-state index in [9.17, 15) is 9.59 Å². The summed E-state index contributed by atoms with van der Waals surface area (Å²) < 4.78 is 12.7. The third kappa shape index (κ3) is 3.56. The fourth-order valence-electron chi connectivity index (χ4n) is 3.40. The molecule has 3 aromatic rings. The molecule has 0 aliphatic rings. The molecule has 0 amide bonds. The molecule has 0 radical (unpaired) electrons. The van der Waals surface area contributed by atoms with Gasteiger partial charge in [-0.2, -0.15) is 0 Å². The fraction of sp³-hybridized carbons (Fsp3) is 0.167. The van der Waals surface area contributed by atoms with Gasteiger partial charge in [-0.1, -0.05) is 0 Å². The second-order valence-electron chi connectivity index (χ2n) is 6.60. The van der Waals surface area contributed by atoms with Crippen LogP contribution in [0.5, 0.6) is 0 Å². The van der Waals surface area contributed by atoms with Crippen molar-refractivity contribution >= 4 is 34.9 Å². The Labute approximate surface area is 171 Å². The van der Waals surface area contributed by atoms with E-state index in [1.165, 1.54) is 0 Å². The molecule has 3 aromatic carbocycles. The Morgan fingerprint density at radius 3 is 1.10 bits per heavy atom. The van der Waals surface area contributed by atoms with Gasteiger partial charge in [0.2, 0.25) is 0 Å². The van der Waals surface area contributed by atoms with Gasteiger partial charge in [-0.15, -0.1) is 0 Å². The fourth-order valence-corrected chi connectivity index (χ4v) is 8.14. The molecule has 0 N–H and O–H groups in total. The third-order valence-electron chi connectivity index (χ3n) is 4.81. The average molecular weight is 408 g/mol. The zero-order valence-electron chi connectivity index (χ0n) is 16.7. The van der Waals surface area contributed by atoms with Gasteiger partial charge in [-0.3, -0.25) is 0 Å². The van der Waals surface area contributed by atoms with E-state index < -0.39 is 19.0 Å². The van der Waals surface area contributed by atoms with Crippen molar-refractivity contribution in [3.8, 4) is 0 Å². The molecule has 0 saturated carbocycles. The van der Waals surface area contributed by atoms with Crippen LogP contribution in [0.25, 0.3) is 0 Å². The molecule has 0 aliphatic carbocycles. The summed E-state index contributed by atoms with van der Waals surface area (Å²) in [6.07, 6.45) is 0.322. The van der Waals surface area contributed by atoms with Gasteiger partial charge in [0.25, 0.3) is 0 Å². The van der Waals surface area contributed by atoms with E-state index >= 15 is 0 Å². The minimum absolute atomic E-state index is 0.161. The van der Waals surface area contributed by atoms with Crippen LogP contribution in [0.4, 0.5) is 0 Å². The van der Waals surface area contributed by atoms with Crippen LogP contribution in [-0.4, -0.2) is 11.9 Å². The maximum atomic E-state index is 12.8. The van der Waals surface area contributed by atoms with Crippen LogP contribution in [0.3, 0.4) is 0 Å². The van der Waals surface area contributed by atoms with Gasteiger partial charge in [-0.05, 0) is 0 Å². The molecule has 0 fully saturated rings. The van der Waals surface area contributed by atoms with Gasteiger partial charge in [0.1, 0.15) is 0 Å². The summed E-state index contributed by atoms with van der Waals surface area (Å²) >= 11 is 0. The maximum absolute atomic E-state index is 12.8. The van der Waals surface area contributed by atoms with Crippen LogP contribution in [0.2, 0.25) is 0 Å². The zero-order chi connectivity index (χ0) is 20.8. The molecule has 29 heavy (non-hydrogen) atoms. The number of hydrogen-bond acceptors (Lipinski definition) is 4. The Morgan fingerprint density at radius 2 is 0.862 bits per heavy atom. The standard InChI is InChI=1S/C24H25O4P/c1-3-23(25)27-29(28-24(26)4-2,20-14-8-5-9-15-20,21-16-10-6-11-17-21)22-18-12-7-13-19-22/h5-19H,3-4H2,1-2H3. The molecular weight excluding hydrogens is 383 g/mol. The molecule has 0 aromatic heterocycles. The summed E-state index contributed by atoms with van der Waals surface area (Å²) in [5.41, 5.74) is 0. The summed E-state index contributed by atoms with van der Waals surface area (Å²) in [6, 6.07) is 28.0. The van der Waals surface area contributed by atoms with Gasteiger partial charge in [0, 0.05) is 0 Å². The van der Waals surface area contributed by atoms with Crippen molar-refractivity contribution in [1.29, 1.82) is 0 Å². The first-order valence-corrected chi connectivity index (χ1v) is 11.8. The third-order valence-corrected chi connectivity index (χ3v) is 9.62. The first kappa shape index (κ1) is 20.8. The number of benzene rings is 3. The number of hydrogen-bond donors (Lipinski definition) is 0. The molecule has 0 atom stereocenters. The Balaban J connectivity index is 2.53. The second kappa shape index (κ2) is 8.59. The van der Waals surface area contributed by atoms with Crippen LogP contribution in [-0.2, 0) is 18.6 Å². The van der Waals surface area contributed by atoms with Crippen LogP contribution < -0.4 is 15.9 Å². The van der Waals surface area contributed by atoms with Crippen molar-refractivity contribution in [2.75, 3.05) is 0 Å². The Bertz CT molecular complexity index is 850. The number of carbonyl (C=O) groups is 2. The molecule has 0 unspecified atom stereocenters. The zero-order valence-corrected chi connectivity index (χ0v) is 17.5. The van der Waals surface area contributed by atoms with E-state index in [1.807, 2.05) is 91.0 Å². The molecule has 0 saturated heterocycles. The van der Waals surface area contributed by atoms with Crippen molar-refractivity contribution in [2.45, 2.75) is 26.7 Å². The SMILES string of the molecule is CCC(=O)OP(OC(=O)CC)(c1ccccc1)(c1ccccc1)c1ccccc1. The number of rotatable bonds is 7. The molecule has 4 nitrogen and oxygen atoms in total. The van der Waals surface area contributed by atoms with E-state index in [0.29, 0.717) is 15.9 Å². The monoisotopic (exact) mass is 408 g/mol. The van der Waals surface area contributed by atoms with E-state index in [4.69, 9.17) is 9.05 Å². The van der Waals surface area contributed by atoms with Crippen LogP contribution in [0.1, 0.15) is 26.7 Å². The second-order valence-corrected chi connectivity index (χ2v) is 10.4. The van der Waals surface area contributed by atoms with E-state index in [2.05, 4.69) is 0 Å². The summed E-state index contributed by atoms with van der Waals surface area (Å²) in [4.78, 5) is 25.7. The molecule has 0 bridgehead atoms. The topological polar surface area (TPSA) is 52.6 Å². The van der Waals surface area contributed by atoms with Crippen LogP contribution >= 0.6 is 7.06 Å². The Morgan fingerprint density at radius 1 is 0.586 bits per heavy atom. The summed E-state index contributed by atoms with van der Waals surface area (Å²) in [5, 5.41) is 2.00. The predicted octanol–water partition coefficient (Wildman–Crippen LogP) is 4.25. The van der Waals surface area contributed by atoms with Gasteiger partial charge in [0.05, 0.1) is 0 Å². The molecular formula is C24H25O4P. The van der Waals surface area contributed by atoms with Crippen molar-refractivity contribution in [3.05, 3.63) is 91.0 Å². The predicted molar refractivity (Wildman–Crippen MR) is 118 cm³/mol. The van der Waals surface area contributed by atoms with Crippen molar-refractivity contribution in [2.24, 2.45) is 0 Å². The normalized spacial score (nSPS) is 12.4. The van der Waals surface area contributed by atoms with Gasteiger partial charge < -0.3 is 0 Å². The average Bonchev–Trinajstić information content (AvgIpc) is 2.80. The van der Waals surface area contributed by atoms with Crippen LogP contribution in [0.15, 0.2) is 91.0 Å². The van der Waals surface area contributed by atoms with Crippen molar-refractivity contribution in [1.82, 2.24) is 0 Å². The van der Waals surface area contributed by atoms with Crippen molar-refractivity contribution in [3.63, 3.8) is 0 Å². The van der Waals surface area contributed by atoms with E-state index in [1.54, 1.807) is 13.8 Å². The van der Waals surface area contributed by atoms with E-state index in [0.717, 1.165) is 0 Å². The minimum atomic E-state index is -4.36. The Kier molecular flexibility index (Phi) is 6.14. The van der Waals surface area contributed by atoms with Crippen molar-refractivity contribution < 1.29 is 18.6 Å². The summed E-state index contributed by atoms with van der Waals surface area (Å²) in [7, 11) is -4.36. The van der Waals surface area contributed by atoms with Gasteiger partial charge >= 0.3 is 171 Å². The molecule has 0 heterocycles. The van der Waals surface area contributed by atoms with Gasteiger partial charge in [-0.25, -0.2) is 0 Å². The first-order valence-electron chi connectivity index (χ1n) is 9.71. The number of carbonyl (C=O) groups excluding carboxylic acids is 2. The molecule has 5 heteroatoms. The first-order chi connectivity index (χ1) is 14.1. The van der Waals surface area contributed by atoms with Gasteiger partial charge in [0.15, 0.2) is 0 Å². The molecule has 0 spiro atoms. The quantitative estimate of drug-likeness (QED) is 0.549. The summed E-state index contributed by atoms with van der Waals surface area (Å²) in [6.45, 7) is 3.47. The molecule has 3 rings (SSSR count).